The van der Waals surface area contributed by atoms with E-state index in [1.807, 2.05) is 46.8 Å². The molecule has 0 bridgehead atoms. The van der Waals surface area contributed by atoms with Gasteiger partial charge in [-0.1, -0.05) is 23.7 Å². The van der Waals surface area contributed by atoms with Crippen LogP contribution in [0.2, 0.25) is 5.02 Å². The van der Waals surface area contributed by atoms with Crippen LogP contribution in [-0.4, -0.2) is 56.2 Å². The van der Waals surface area contributed by atoms with Gasteiger partial charge in [0, 0.05) is 56.6 Å². The van der Waals surface area contributed by atoms with Gasteiger partial charge in [0.2, 0.25) is 11.8 Å². The number of aryl methyl sites for hydroxylation is 1. The summed E-state index contributed by atoms with van der Waals surface area (Å²) in [5.74, 6) is 0.397. The molecule has 1 atom stereocenters. The van der Waals surface area contributed by atoms with Crippen LogP contribution in [0.4, 0.5) is 0 Å². The van der Waals surface area contributed by atoms with E-state index in [1.165, 1.54) is 0 Å². The van der Waals surface area contributed by atoms with Crippen molar-refractivity contribution in [3.8, 4) is 22.6 Å². The first-order valence-corrected chi connectivity index (χ1v) is 10.1. The van der Waals surface area contributed by atoms with E-state index >= 15 is 0 Å². The average molecular weight is 427 g/mol. The Balaban J connectivity index is 1.53. The SMILES string of the molecule is CN1CC(C(=O)NCCn2ncc(-c3ccc(Cl)cc3)c2-c2nccn2C)CC1=O. The normalized spacial score (nSPS) is 16.3. The van der Waals surface area contributed by atoms with Crippen molar-refractivity contribution in [1.29, 1.82) is 0 Å². The number of amides is 2. The fraction of sp³-hybridized carbons (Fsp3) is 0.333. The molecule has 1 saturated heterocycles. The highest BCUT2D eigenvalue weighted by Crippen LogP contribution is 2.31. The molecular weight excluding hydrogens is 404 g/mol. The van der Waals surface area contributed by atoms with Crippen LogP contribution in [0.5, 0.6) is 0 Å². The summed E-state index contributed by atoms with van der Waals surface area (Å²) in [7, 11) is 3.65. The van der Waals surface area contributed by atoms with E-state index in [2.05, 4.69) is 15.4 Å². The van der Waals surface area contributed by atoms with Gasteiger partial charge >= 0.3 is 0 Å². The van der Waals surface area contributed by atoms with Crippen molar-refractivity contribution < 1.29 is 9.59 Å². The number of carbonyl (C=O) groups excluding carboxylic acids is 2. The number of hydrogen-bond acceptors (Lipinski definition) is 4. The van der Waals surface area contributed by atoms with Crippen molar-refractivity contribution >= 4 is 23.4 Å². The molecule has 1 aromatic carbocycles. The minimum atomic E-state index is -0.293. The van der Waals surface area contributed by atoms with Crippen LogP contribution >= 0.6 is 11.6 Å². The summed E-state index contributed by atoms with van der Waals surface area (Å²) in [5, 5.41) is 8.15. The van der Waals surface area contributed by atoms with Gasteiger partial charge in [-0.25, -0.2) is 4.98 Å². The van der Waals surface area contributed by atoms with Crippen LogP contribution in [0.3, 0.4) is 0 Å². The molecule has 1 fully saturated rings. The molecule has 2 amide bonds. The van der Waals surface area contributed by atoms with Crippen LogP contribution < -0.4 is 5.32 Å². The second-order valence-corrected chi connectivity index (χ2v) is 7.90. The standard InChI is InChI=1S/C21H23ClN6O2/c1-26-9-7-23-20(26)19-17(14-3-5-16(22)6-4-14)12-25-28(19)10-8-24-21(30)15-11-18(29)27(2)13-15/h3-7,9,12,15H,8,10-11,13H2,1-2H3,(H,24,30). The number of hydrogen-bond donors (Lipinski definition) is 1. The predicted octanol–water partition coefficient (Wildman–Crippen LogP) is 2.20. The van der Waals surface area contributed by atoms with Crippen molar-refractivity contribution in [2.45, 2.75) is 13.0 Å². The quantitative estimate of drug-likeness (QED) is 0.654. The van der Waals surface area contributed by atoms with Gasteiger partial charge in [-0.15, -0.1) is 0 Å². The van der Waals surface area contributed by atoms with Gasteiger partial charge in [0.25, 0.3) is 0 Å². The smallest absolute Gasteiger partial charge is 0.225 e. The number of aromatic nitrogens is 4. The third kappa shape index (κ3) is 3.95. The molecule has 2 aromatic heterocycles. The minimum absolute atomic E-state index is 0.00639. The molecule has 0 radical (unpaired) electrons. The van der Waals surface area contributed by atoms with Crippen LogP contribution in [0.15, 0.2) is 42.9 Å². The third-order valence-electron chi connectivity index (χ3n) is 5.36. The van der Waals surface area contributed by atoms with Crippen molar-refractivity contribution in [1.82, 2.24) is 29.5 Å². The van der Waals surface area contributed by atoms with Gasteiger partial charge in [-0.2, -0.15) is 5.10 Å². The largest absolute Gasteiger partial charge is 0.354 e. The lowest BCUT2D eigenvalue weighted by molar-refractivity contribution is -0.128. The van der Waals surface area contributed by atoms with Crippen molar-refractivity contribution in [2.75, 3.05) is 20.1 Å². The summed E-state index contributed by atoms with van der Waals surface area (Å²) >= 11 is 6.04. The molecule has 9 heteroatoms. The Morgan fingerprint density at radius 3 is 2.67 bits per heavy atom. The highest BCUT2D eigenvalue weighted by Gasteiger charge is 2.31. The van der Waals surface area contributed by atoms with Gasteiger partial charge in [0.05, 0.1) is 18.7 Å². The van der Waals surface area contributed by atoms with Gasteiger partial charge < -0.3 is 14.8 Å². The predicted molar refractivity (Wildman–Crippen MR) is 114 cm³/mol. The Bertz CT molecular complexity index is 1070. The monoisotopic (exact) mass is 426 g/mol. The molecule has 156 valence electrons. The maximum absolute atomic E-state index is 12.4. The van der Waals surface area contributed by atoms with Crippen molar-refractivity contribution in [2.24, 2.45) is 13.0 Å². The number of carbonyl (C=O) groups is 2. The van der Waals surface area contributed by atoms with Crippen LogP contribution in [0, 0.1) is 5.92 Å². The molecule has 8 nitrogen and oxygen atoms in total. The molecule has 1 unspecified atom stereocenters. The van der Waals surface area contributed by atoms with Crippen LogP contribution in [0.1, 0.15) is 6.42 Å². The van der Waals surface area contributed by atoms with E-state index in [-0.39, 0.29) is 24.2 Å². The molecule has 1 aliphatic heterocycles. The summed E-state index contributed by atoms with van der Waals surface area (Å²) in [6.45, 7) is 1.36. The Labute approximate surface area is 179 Å². The van der Waals surface area contributed by atoms with E-state index in [9.17, 15) is 9.59 Å². The fourth-order valence-corrected chi connectivity index (χ4v) is 3.82. The Morgan fingerprint density at radius 1 is 1.27 bits per heavy atom. The summed E-state index contributed by atoms with van der Waals surface area (Å²) in [4.78, 5) is 30.2. The maximum Gasteiger partial charge on any atom is 0.225 e. The van der Waals surface area contributed by atoms with Gasteiger partial charge in [0.1, 0.15) is 5.69 Å². The molecule has 4 rings (SSSR count). The molecule has 3 aromatic rings. The second-order valence-electron chi connectivity index (χ2n) is 7.46. The summed E-state index contributed by atoms with van der Waals surface area (Å²) in [6, 6.07) is 7.59. The summed E-state index contributed by atoms with van der Waals surface area (Å²) in [5.41, 5.74) is 2.80. The van der Waals surface area contributed by atoms with Crippen LogP contribution in [-0.2, 0) is 23.2 Å². The zero-order valence-corrected chi connectivity index (χ0v) is 17.6. The Kier molecular flexibility index (Phi) is 5.59. The first-order chi connectivity index (χ1) is 14.4. The van der Waals surface area contributed by atoms with Crippen LogP contribution in [0.25, 0.3) is 22.6 Å². The number of rotatable bonds is 6. The number of nitrogens with one attached hydrogen (secondary N) is 1. The lowest BCUT2D eigenvalue weighted by Crippen LogP contribution is -2.34. The first-order valence-electron chi connectivity index (χ1n) is 9.75. The molecule has 1 N–H and O–H groups in total. The number of imidazole rings is 1. The van der Waals surface area contributed by atoms with E-state index in [1.54, 1.807) is 24.3 Å². The maximum atomic E-state index is 12.4. The summed E-state index contributed by atoms with van der Waals surface area (Å²) in [6.07, 6.45) is 5.70. The molecule has 3 heterocycles. The Hall–Kier alpha value is -3.13. The number of likely N-dealkylation sites (tertiary alicyclic amines) is 1. The highest BCUT2D eigenvalue weighted by atomic mass is 35.5. The molecule has 0 spiro atoms. The molecule has 0 saturated carbocycles. The van der Waals surface area contributed by atoms with E-state index < -0.39 is 0 Å². The second kappa shape index (κ2) is 8.31. The number of nitrogens with zero attached hydrogens (tertiary/aromatic N) is 5. The molecular formula is C21H23ClN6O2. The van der Waals surface area contributed by atoms with Crippen molar-refractivity contribution in [3.63, 3.8) is 0 Å². The van der Waals surface area contributed by atoms with Gasteiger partial charge in [-0.05, 0) is 17.7 Å². The number of halogens is 1. The zero-order valence-electron chi connectivity index (χ0n) is 16.9. The Morgan fingerprint density at radius 2 is 2.03 bits per heavy atom. The van der Waals surface area contributed by atoms with Gasteiger partial charge in [-0.3, -0.25) is 14.3 Å². The lowest BCUT2D eigenvalue weighted by atomic mass is 10.1. The molecule has 0 aliphatic carbocycles. The van der Waals surface area contributed by atoms with E-state index in [4.69, 9.17) is 11.6 Å². The van der Waals surface area contributed by atoms with E-state index in [0.717, 1.165) is 22.6 Å². The zero-order chi connectivity index (χ0) is 21.3. The minimum Gasteiger partial charge on any atom is -0.354 e. The fourth-order valence-electron chi connectivity index (χ4n) is 3.69. The van der Waals surface area contributed by atoms with Crippen molar-refractivity contribution in [3.05, 3.63) is 47.9 Å². The summed E-state index contributed by atoms with van der Waals surface area (Å²) < 4.78 is 3.78. The topological polar surface area (TPSA) is 85.1 Å². The molecule has 1 aliphatic rings. The van der Waals surface area contributed by atoms with Gasteiger partial charge in [0.15, 0.2) is 5.82 Å². The lowest BCUT2D eigenvalue weighted by Gasteiger charge is -2.13. The first kappa shape index (κ1) is 20.2. The third-order valence-corrected chi connectivity index (χ3v) is 5.61. The number of benzene rings is 1. The average Bonchev–Trinajstić information content (AvgIpc) is 3.41. The molecule has 30 heavy (non-hydrogen) atoms. The highest BCUT2D eigenvalue weighted by molar-refractivity contribution is 6.30. The van der Waals surface area contributed by atoms with E-state index in [0.29, 0.717) is 24.7 Å².